The molecule has 0 spiro atoms. The van der Waals surface area contributed by atoms with Crippen LogP contribution in [-0.4, -0.2) is 27.6 Å². The molecule has 5 aromatic carbocycles. The second kappa shape index (κ2) is 17.7. The Kier molecular flexibility index (Phi) is 12.7. The van der Waals surface area contributed by atoms with E-state index < -0.39 is 8.07 Å². The molecule has 0 bridgehead atoms. The molecular weight excluding hydrogens is 953 g/mol. The van der Waals surface area contributed by atoms with E-state index in [9.17, 15) is 0 Å². The van der Waals surface area contributed by atoms with Crippen LogP contribution in [0.1, 0.15) is 82.7 Å². The van der Waals surface area contributed by atoms with Crippen LogP contribution in [0.5, 0.6) is 0 Å². The Morgan fingerprint density at radius 2 is 1.37 bits per heavy atom. The standard InChI is InChI=1S/C37H32N3O.C18H24NSi.Ir/c1-22(2)30-20-26(25-12-7-6-8-13-25)21-31(23(3)4)34(30)40-33-17-10-9-16-32(33)39-36(40)29-15-11-14-27-28-19-18-24(5)38-37(28)41-35(27)29;1-18(2,3)15-9-7-8-14(12-15)17-11-10-16(13-19-17)20(4,5)6;/h6-14,16-23H,1-5H3;7,9-13H,1-6H3;/q2*-1;. The summed E-state index contributed by atoms with van der Waals surface area (Å²) in [7, 11) is -1.27. The summed E-state index contributed by atoms with van der Waals surface area (Å²) < 4.78 is 8.78. The summed E-state index contributed by atoms with van der Waals surface area (Å²) in [6, 6.07) is 49.4. The second-order valence-corrected chi connectivity index (χ2v) is 23.9. The summed E-state index contributed by atoms with van der Waals surface area (Å²) in [6.45, 7) is 24.8. The maximum absolute atomic E-state index is 6.44. The number of benzene rings is 5. The Hall–Kier alpha value is -5.46. The molecule has 0 aliphatic heterocycles. The minimum atomic E-state index is -1.27. The maximum Gasteiger partial charge on any atom is 0.216 e. The molecule has 5 nitrogen and oxygen atoms in total. The molecule has 0 saturated heterocycles. The van der Waals surface area contributed by atoms with Gasteiger partial charge in [0.1, 0.15) is 0 Å². The largest absolute Gasteiger partial charge is 0.486 e. The van der Waals surface area contributed by atoms with E-state index in [0.717, 1.165) is 55.7 Å². The normalized spacial score (nSPS) is 12.0. The summed E-state index contributed by atoms with van der Waals surface area (Å²) in [5, 5.41) is 3.42. The average Bonchev–Trinajstić information content (AvgIpc) is 3.81. The van der Waals surface area contributed by atoms with Gasteiger partial charge in [-0.05, 0) is 93.7 Å². The summed E-state index contributed by atoms with van der Waals surface area (Å²) in [4.78, 5) is 14.5. The van der Waals surface area contributed by atoms with Gasteiger partial charge in [-0.3, -0.25) is 4.98 Å². The van der Waals surface area contributed by atoms with Gasteiger partial charge in [-0.1, -0.05) is 134 Å². The van der Waals surface area contributed by atoms with E-state index in [1.807, 2.05) is 37.4 Å². The number of aromatic nitrogens is 4. The van der Waals surface area contributed by atoms with Gasteiger partial charge < -0.3 is 14.0 Å². The molecular formula is C55H56IrN4OSi-2. The molecule has 4 aromatic heterocycles. The number of hydrogen-bond donors (Lipinski definition) is 0. The van der Waals surface area contributed by atoms with Crippen molar-refractivity contribution in [2.75, 3.05) is 0 Å². The minimum Gasteiger partial charge on any atom is -0.486 e. The third-order valence-electron chi connectivity index (χ3n) is 11.5. The number of furan rings is 1. The van der Waals surface area contributed by atoms with Gasteiger partial charge in [0.05, 0.1) is 30.5 Å². The topological polar surface area (TPSA) is 56.7 Å². The van der Waals surface area contributed by atoms with Crippen molar-refractivity contribution in [1.29, 1.82) is 0 Å². The number of imidazole rings is 1. The number of hydrogen-bond acceptors (Lipinski definition) is 4. The van der Waals surface area contributed by atoms with Crippen molar-refractivity contribution >= 4 is 46.4 Å². The van der Waals surface area contributed by atoms with Crippen molar-refractivity contribution in [3.8, 4) is 39.5 Å². The molecule has 0 saturated carbocycles. The van der Waals surface area contributed by atoms with E-state index in [-0.39, 0.29) is 25.5 Å². The van der Waals surface area contributed by atoms with Crippen molar-refractivity contribution in [1.82, 2.24) is 19.5 Å². The van der Waals surface area contributed by atoms with E-state index in [0.29, 0.717) is 17.5 Å². The molecule has 9 aromatic rings. The molecule has 9 rings (SSSR count). The monoisotopic (exact) mass is 1010 g/mol. The Balaban J connectivity index is 0.000000233. The van der Waals surface area contributed by atoms with Crippen LogP contribution >= 0.6 is 0 Å². The molecule has 62 heavy (non-hydrogen) atoms. The quantitative estimate of drug-likeness (QED) is 0.118. The van der Waals surface area contributed by atoms with Gasteiger partial charge in [0.15, 0.2) is 0 Å². The predicted molar refractivity (Wildman–Crippen MR) is 259 cm³/mol. The van der Waals surface area contributed by atoms with Gasteiger partial charge in [0.25, 0.3) is 0 Å². The third-order valence-corrected chi connectivity index (χ3v) is 13.6. The fourth-order valence-corrected chi connectivity index (χ4v) is 9.03. The van der Waals surface area contributed by atoms with Crippen molar-refractivity contribution in [2.24, 2.45) is 0 Å². The van der Waals surface area contributed by atoms with Crippen LogP contribution in [0, 0.1) is 19.1 Å². The summed E-state index contributed by atoms with van der Waals surface area (Å²) >= 11 is 0. The second-order valence-electron chi connectivity index (χ2n) is 18.9. The number of nitrogens with zero attached hydrogens (tertiary/aromatic N) is 4. The van der Waals surface area contributed by atoms with E-state index >= 15 is 0 Å². The summed E-state index contributed by atoms with van der Waals surface area (Å²) in [6.07, 6.45) is 2.04. The third kappa shape index (κ3) is 8.90. The van der Waals surface area contributed by atoms with E-state index in [4.69, 9.17) is 9.40 Å². The molecule has 0 fully saturated rings. The van der Waals surface area contributed by atoms with E-state index in [2.05, 4.69) is 192 Å². The van der Waals surface area contributed by atoms with Crippen LogP contribution in [0.3, 0.4) is 0 Å². The number of aryl methyl sites for hydroxylation is 1. The zero-order valence-electron chi connectivity index (χ0n) is 37.8. The van der Waals surface area contributed by atoms with Crippen LogP contribution in [0.15, 0.2) is 132 Å². The Morgan fingerprint density at radius 3 is 2.02 bits per heavy atom. The zero-order valence-corrected chi connectivity index (χ0v) is 41.2. The SMILES string of the molecule is CC(C)(C)c1cc[c-]c(-c2ccc([Si](C)(C)C)cn2)c1.Cc1ccc2c(n1)oc1c(-c3nc4ccccc4n3-c3c(C(C)C)cc(-c4ccccc4)cc3C(C)C)[c-]ccc12.[Ir]. The Labute approximate surface area is 382 Å². The average molecular weight is 1010 g/mol. The van der Waals surface area contributed by atoms with Gasteiger partial charge in [-0.15, -0.1) is 53.6 Å². The van der Waals surface area contributed by atoms with Crippen LogP contribution < -0.4 is 5.19 Å². The molecule has 0 amide bonds. The first-order valence-electron chi connectivity index (χ1n) is 21.5. The first-order chi connectivity index (χ1) is 29.1. The number of rotatable bonds is 7. The van der Waals surface area contributed by atoms with Gasteiger partial charge in [0, 0.05) is 43.1 Å². The van der Waals surface area contributed by atoms with Crippen LogP contribution in [0.25, 0.3) is 72.6 Å². The molecule has 0 atom stereocenters. The van der Waals surface area contributed by atoms with Gasteiger partial charge in [0.2, 0.25) is 5.71 Å². The summed E-state index contributed by atoms with van der Waals surface area (Å²) in [5.74, 6) is 1.40. The number of para-hydroxylation sites is 2. The fourth-order valence-electron chi connectivity index (χ4n) is 7.99. The van der Waals surface area contributed by atoms with Crippen molar-refractivity contribution in [2.45, 2.75) is 92.3 Å². The van der Waals surface area contributed by atoms with Gasteiger partial charge in [-0.25, -0.2) is 4.98 Å². The maximum atomic E-state index is 6.44. The number of fused-ring (bicyclic) bond motifs is 4. The number of pyridine rings is 2. The van der Waals surface area contributed by atoms with Crippen molar-refractivity contribution < 1.29 is 24.5 Å². The zero-order chi connectivity index (χ0) is 43.2. The van der Waals surface area contributed by atoms with Crippen LogP contribution in [0.2, 0.25) is 19.6 Å². The minimum absolute atomic E-state index is 0. The van der Waals surface area contributed by atoms with E-state index in [1.165, 1.54) is 38.7 Å². The molecule has 0 unspecified atom stereocenters. The predicted octanol–water partition coefficient (Wildman–Crippen LogP) is 14.4. The molecule has 317 valence electrons. The summed E-state index contributed by atoms with van der Waals surface area (Å²) in [5.41, 5.74) is 15.0. The molecule has 0 N–H and O–H groups in total. The Morgan fingerprint density at radius 1 is 0.694 bits per heavy atom. The smallest absolute Gasteiger partial charge is 0.216 e. The molecule has 0 aliphatic carbocycles. The molecule has 0 aliphatic rings. The van der Waals surface area contributed by atoms with Crippen molar-refractivity contribution in [3.63, 3.8) is 0 Å². The van der Waals surface area contributed by atoms with Crippen LogP contribution in [-0.2, 0) is 25.5 Å². The first kappa shape index (κ1) is 44.6. The van der Waals surface area contributed by atoms with E-state index in [1.54, 1.807) is 0 Å². The van der Waals surface area contributed by atoms with Crippen molar-refractivity contribution in [3.05, 3.63) is 162 Å². The Bertz CT molecular complexity index is 2970. The molecule has 4 heterocycles. The van der Waals surface area contributed by atoms with Gasteiger partial charge >= 0.3 is 0 Å². The molecule has 7 heteroatoms. The fraction of sp³-hybridized carbons (Fsp3) is 0.255. The molecule has 1 radical (unpaired) electrons. The first-order valence-corrected chi connectivity index (χ1v) is 25.0. The van der Waals surface area contributed by atoms with Crippen LogP contribution in [0.4, 0.5) is 0 Å². The van der Waals surface area contributed by atoms with Gasteiger partial charge in [-0.2, -0.15) is 0 Å².